The molecule has 1 fully saturated rings. The lowest BCUT2D eigenvalue weighted by Gasteiger charge is -2.31. The van der Waals surface area contributed by atoms with Crippen LogP contribution in [0.25, 0.3) is 0 Å². The Morgan fingerprint density at radius 1 is 1.52 bits per heavy atom. The summed E-state index contributed by atoms with van der Waals surface area (Å²) in [6.45, 7) is 2.19. The number of nitrogens with zero attached hydrogens (tertiary/aromatic N) is 1. The molecule has 2 atom stereocenters. The van der Waals surface area contributed by atoms with Crippen LogP contribution in [0.3, 0.4) is 0 Å². The van der Waals surface area contributed by atoms with E-state index in [0.29, 0.717) is 12.6 Å². The highest BCUT2D eigenvalue weighted by molar-refractivity contribution is 7.99. The molecule has 2 aliphatic rings. The predicted octanol–water partition coefficient (Wildman–Crippen LogP) is 2.90. The van der Waals surface area contributed by atoms with Gasteiger partial charge in [-0.25, -0.2) is 0 Å². The van der Waals surface area contributed by atoms with Crippen molar-refractivity contribution in [1.29, 1.82) is 0 Å². The maximum atomic E-state index is 12.4. The number of thiophene rings is 1. The van der Waals surface area contributed by atoms with Gasteiger partial charge in [0, 0.05) is 29.3 Å². The van der Waals surface area contributed by atoms with Crippen LogP contribution in [-0.4, -0.2) is 41.4 Å². The average molecular weight is 325 g/mol. The first kappa shape index (κ1) is 15.4. The molecule has 3 nitrogen and oxygen atoms in total. The van der Waals surface area contributed by atoms with Crippen molar-refractivity contribution in [2.24, 2.45) is 0 Å². The average Bonchev–Trinajstić information content (AvgIpc) is 3.00. The van der Waals surface area contributed by atoms with Gasteiger partial charge in [-0.3, -0.25) is 4.79 Å². The number of carbonyl (C=O) groups excluding carboxylic acids is 1. The highest BCUT2D eigenvalue weighted by Crippen LogP contribution is 2.27. The van der Waals surface area contributed by atoms with Crippen LogP contribution in [0, 0.1) is 0 Å². The standard InChI is InChI=1S/C16H24N2OS2/c1-20-14-4-2-3-13(9-14)17-10-16(19)18-7-5-15-12(11-18)6-8-21-15/h6,8,13-14,17H,2-5,7,9-11H2,1H3. The number of hydrogen-bond acceptors (Lipinski definition) is 4. The van der Waals surface area contributed by atoms with Crippen LogP contribution in [0.1, 0.15) is 36.1 Å². The number of rotatable bonds is 4. The molecule has 1 aliphatic carbocycles. The summed E-state index contributed by atoms with van der Waals surface area (Å²) in [4.78, 5) is 15.9. The summed E-state index contributed by atoms with van der Waals surface area (Å²) in [5.74, 6) is 0.262. The van der Waals surface area contributed by atoms with Crippen molar-refractivity contribution in [3.8, 4) is 0 Å². The molecule has 3 rings (SSSR count). The lowest BCUT2D eigenvalue weighted by Crippen LogP contribution is -2.44. The molecule has 2 unspecified atom stereocenters. The van der Waals surface area contributed by atoms with E-state index in [4.69, 9.17) is 0 Å². The molecule has 116 valence electrons. The normalized spacial score (nSPS) is 25.7. The van der Waals surface area contributed by atoms with E-state index in [1.165, 1.54) is 36.1 Å². The van der Waals surface area contributed by atoms with Gasteiger partial charge in [0.1, 0.15) is 0 Å². The van der Waals surface area contributed by atoms with Gasteiger partial charge in [0.2, 0.25) is 5.91 Å². The van der Waals surface area contributed by atoms with Gasteiger partial charge < -0.3 is 10.2 Å². The molecule has 21 heavy (non-hydrogen) atoms. The van der Waals surface area contributed by atoms with Crippen LogP contribution in [0.5, 0.6) is 0 Å². The molecule has 0 spiro atoms. The largest absolute Gasteiger partial charge is 0.337 e. The Hall–Kier alpha value is -0.520. The molecule has 1 aromatic heterocycles. The summed E-state index contributed by atoms with van der Waals surface area (Å²) in [6.07, 6.45) is 8.28. The summed E-state index contributed by atoms with van der Waals surface area (Å²) in [5, 5.41) is 6.41. The van der Waals surface area contributed by atoms with Crippen molar-refractivity contribution in [2.45, 2.75) is 49.9 Å². The van der Waals surface area contributed by atoms with Crippen molar-refractivity contribution in [1.82, 2.24) is 10.2 Å². The van der Waals surface area contributed by atoms with E-state index < -0.39 is 0 Å². The Kier molecular flexibility index (Phi) is 5.24. The van der Waals surface area contributed by atoms with E-state index in [0.717, 1.165) is 24.8 Å². The molecule has 2 heterocycles. The predicted molar refractivity (Wildman–Crippen MR) is 91.0 cm³/mol. The molecule has 5 heteroatoms. The molecule has 1 N–H and O–H groups in total. The number of nitrogens with one attached hydrogen (secondary N) is 1. The SMILES string of the molecule is CSC1CCCC(NCC(=O)N2CCc3sccc3C2)C1. The molecular weight excluding hydrogens is 300 g/mol. The molecular formula is C16H24N2OS2. The van der Waals surface area contributed by atoms with Gasteiger partial charge in [0.25, 0.3) is 0 Å². The quantitative estimate of drug-likeness (QED) is 0.924. The fourth-order valence-corrected chi connectivity index (χ4v) is 5.07. The Labute approximate surface area is 135 Å². The summed E-state index contributed by atoms with van der Waals surface area (Å²) < 4.78 is 0. The molecule has 0 bridgehead atoms. The Morgan fingerprint density at radius 3 is 3.29 bits per heavy atom. The molecule has 1 aliphatic heterocycles. The third-order valence-electron chi connectivity index (χ3n) is 4.66. The smallest absolute Gasteiger partial charge is 0.236 e. The number of thioether (sulfide) groups is 1. The molecule has 1 aromatic rings. The van der Waals surface area contributed by atoms with Crippen molar-refractivity contribution in [2.75, 3.05) is 19.3 Å². The maximum Gasteiger partial charge on any atom is 0.236 e. The van der Waals surface area contributed by atoms with Gasteiger partial charge in [0.15, 0.2) is 0 Å². The topological polar surface area (TPSA) is 32.3 Å². The first-order valence-electron chi connectivity index (χ1n) is 7.85. The number of carbonyl (C=O) groups is 1. The minimum Gasteiger partial charge on any atom is -0.337 e. The zero-order valence-corrected chi connectivity index (χ0v) is 14.3. The van der Waals surface area contributed by atoms with Crippen molar-refractivity contribution in [3.05, 3.63) is 21.9 Å². The zero-order chi connectivity index (χ0) is 14.7. The highest BCUT2D eigenvalue weighted by atomic mass is 32.2. The van der Waals surface area contributed by atoms with Crippen LogP contribution in [-0.2, 0) is 17.8 Å². The summed E-state index contributed by atoms with van der Waals surface area (Å²) >= 11 is 3.79. The Morgan fingerprint density at radius 2 is 2.43 bits per heavy atom. The second kappa shape index (κ2) is 7.16. The van der Waals surface area contributed by atoms with Crippen LogP contribution in [0.2, 0.25) is 0 Å². The lowest BCUT2D eigenvalue weighted by atomic mass is 9.95. The van der Waals surface area contributed by atoms with Crippen LogP contribution < -0.4 is 5.32 Å². The summed E-state index contributed by atoms with van der Waals surface area (Å²) in [6, 6.07) is 2.69. The zero-order valence-electron chi connectivity index (χ0n) is 12.6. The lowest BCUT2D eigenvalue weighted by molar-refractivity contribution is -0.131. The van der Waals surface area contributed by atoms with Gasteiger partial charge in [-0.05, 0) is 48.9 Å². The molecule has 1 amide bonds. The Bertz CT molecular complexity index is 488. The van der Waals surface area contributed by atoms with E-state index in [2.05, 4.69) is 23.0 Å². The molecule has 0 radical (unpaired) electrons. The van der Waals surface area contributed by atoms with Crippen molar-refractivity contribution < 1.29 is 4.79 Å². The van der Waals surface area contributed by atoms with Crippen LogP contribution in [0.15, 0.2) is 11.4 Å². The first-order chi connectivity index (χ1) is 10.3. The minimum absolute atomic E-state index is 0.262. The van der Waals surface area contributed by atoms with E-state index in [1.54, 1.807) is 0 Å². The fraction of sp³-hybridized carbons (Fsp3) is 0.688. The van der Waals surface area contributed by atoms with E-state index in [-0.39, 0.29) is 5.91 Å². The third-order valence-corrected chi connectivity index (χ3v) is 6.78. The van der Waals surface area contributed by atoms with Gasteiger partial charge >= 0.3 is 0 Å². The number of fused-ring (bicyclic) bond motifs is 1. The second-order valence-corrected chi connectivity index (χ2v) is 8.18. The van der Waals surface area contributed by atoms with Gasteiger partial charge in [-0.2, -0.15) is 11.8 Å². The summed E-state index contributed by atoms with van der Waals surface area (Å²) in [7, 11) is 0. The summed E-state index contributed by atoms with van der Waals surface area (Å²) in [5.41, 5.74) is 1.35. The van der Waals surface area contributed by atoms with Gasteiger partial charge in [-0.1, -0.05) is 6.42 Å². The minimum atomic E-state index is 0.262. The second-order valence-electron chi connectivity index (χ2n) is 6.04. The van der Waals surface area contributed by atoms with E-state index in [1.807, 2.05) is 28.0 Å². The van der Waals surface area contributed by atoms with Gasteiger partial charge in [0.05, 0.1) is 6.54 Å². The third kappa shape index (κ3) is 3.82. The fourth-order valence-electron chi connectivity index (χ4n) is 3.35. The molecule has 0 aromatic carbocycles. The highest BCUT2D eigenvalue weighted by Gasteiger charge is 2.24. The molecule has 0 saturated heterocycles. The monoisotopic (exact) mass is 324 g/mol. The van der Waals surface area contributed by atoms with Crippen LogP contribution >= 0.6 is 23.1 Å². The number of hydrogen-bond donors (Lipinski definition) is 1. The molecule has 1 saturated carbocycles. The van der Waals surface area contributed by atoms with Crippen LogP contribution in [0.4, 0.5) is 0 Å². The van der Waals surface area contributed by atoms with Crippen molar-refractivity contribution >= 4 is 29.0 Å². The maximum absolute atomic E-state index is 12.4. The Balaban J connectivity index is 1.46. The van der Waals surface area contributed by atoms with Crippen molar-refractivity contribution in [3.63, 3.8) is 0 Å². The van der Waals surface area contributed by atoms with E-state index in [9.17, 15) is 4.79 Å². The van der Waals surface area contributed by atoms with Gasteiger partial charge in [-0.15, -0.1) is 11.3 Å². The van der Waals surface area contributed by atoms with E-state index >= 15 is 0 Å². The number of amides is 1. The first-order valence-corrected chi connectivity index (χ1v) is 10.0.